The Kier molecular flexibility index (Phi) is 5.23. The van der Waals surface area contributed by atoms with Crippen LogP contribution in [0.15, 0.2) is 18.2 Å². The van der Waals surface area contributed by atoms with E-state index in [2.05, 4.69) is 10.2 Å². The van der Waals surface area contributed by atoms with Crippen molar-refractivity contribution in [3.05, 3.63) is 23.2 Å². The van der Waals surface area contributed by atoms with E-state index >= 15 is 0 Å². The van der Waals surface area contributed by atoms with Crippen molar-refractivity contribution in [2.75, 3.05) is 32.1 Å². The van der Waals surface area contributed by atoms with E-state index in [-0.39, 0.29) is 11.9 Å². The van der Waals surface area contributed by atoms with Gasteiger partial charge < -0.3 is 15.8 Å². The number of carbonyl (C=O) groups is 1. The number of benzene rings is 1. The minimum atomic E-state index is -0.0552. The maximum atomic E-state index is 12.0. The molecule has 0 spiro atoms. The highest BCUT2D eigenvalue weighted by Crippen LogP contribution is 2.27. The summed E-state index contributed by atoms with van der Waals surface area (Å²) in [5.41, 5.74) is 6.57. The number of rotatable bonds is 4. The molecular weight excluding hydrogens is 278 g/mol. The number of hydrogen-bond donors (Lipinski definition) is 2. The number of likely N-dealkylation sites (tertiary alicyclic amines) is 1. The number of carbonyl (C=O) groups excluding carboxylic acids is 1. The Labute approximate surface area is 124 Å². The monoisotopic (exact) mass is 297 g/mol. The number of nitrogens with two attached hydrogens (primary N) is 1. The van der Waals surface area contributed by atoms with Gasteiger partial charge in [-0.2, -0.15) is 0 Å². The van der Waals surface area contributed by atoms with Gasteiger partial charge in [0.15, 0.2) is 0 Å². The van der Waals surface area contributed by atoms with Crippen LogP contribution in [-0.4, -0.2) is 43.6 Å². The lowest BCUT2D eigenvalue weighted by Gasteiger charge is -2.29. The third-order valence-corrected chi connectivity index (χ3v) is 3.64. The molecule has 1 atom stereocenters. The molecule has 1 aromatic carbocycles. The molecule has 1 heterocycles. The van der Waals surface area contributed by atoms with Crippen molar-refractivity contribution in [2.45, 2.75) is 18.9 Å². The topological polar surface area (TPSA) is 67.6 Å². The second kappa shape index (κ2) is 6.92. The summed E-state index contributed by atoms with van der Waals surface area (Å²) in [7, 11) is 1.55. The highest BCUT2D eigenvalue weighted by Gasteiger charge is 2.18. The fraction of sp³-hybridized carbons (Fsp3) is 0.500. The first-order chi connectivity index (χ1) is 9.58. The summed E-state index contributed by atoms with van der Waals surface area (Å²) in [5.74, 6) is 0.534. The van der Waals surface area contributed by atoms with Crippen LogP contribution in [-0.2, 0) is 4.79 Å². The molecule has 1 aromatic rings. The second-order valence-electron chi connectivity index (χ2n) is 5.03. The van der Waals surface area contributed by atoms with Crippen LogP contribution in [0.1, 0.15) is 12.8 Å². The lowest BCUT2D eigenvalue weighted by Crippen LogP contribution is -2.45. The molecule has 3 N–H and O–H groups in total. The van der Waals surface area contributed by atoms with Gasteiger partial charge in [-0.3, -0.25) is 9.69 Å². The third kappa shape index (κ3) is 4.10. The molecule has 1 fully saturated rings. The highest BCUT2D eigenvalue weighted by atomic mass is 35.5. The summed E-state index contributed by atoms with van der Waals surface area (Å²) >= 11 is 6.02. The predicted molar refractivity (Wildman–Crippen MR) is 80.3 cm³/mol. The molecule has 0 aromatic heterocycles. The van der Waals surface area contributed by atoms with Crippen molar-refractivity contribution in [1.29, 1.82) is 0 Å². The Bertz CT molecular complexity index is 481. The van der Waals surface area contributed by atoms with Crippen molar-refractivity contribution in [2.24, 2.45) is 5.73 Å². The number of amides is 1. The lowest BCUT2D eigenvalue weighted by atomic mass is 10.1. The van der Waals surface area contributed by atoms with Gasteiger partial charge in [0, 0.05) is 18.3 Å². The Morgan fingerprint density at radius 1 is 1.60 bits per heavy atom. The molecule has 5 nitrogen and oxygen atoms in total. The number of nitrogens with one attached hydrogen (secondary N) is 1. The van der Waals surface area contributed by atoms with Crippen LogP contribution >= 0.6 is 11.6 Å². The van der Waals surface area contributed by atoms with E-state index in [0.717, 1.165) is 25.9 Å². The molecule has 1 amide bonds. The van der Waals surface area contributed by atoms with Crippen molar-refractivity contribution < 1.29 is 9.53 Å². The first kappa shape index (κ1) is 15.1. The van der Waals surface area contributed by atoms with Gasteiger partial charge in [0.2, 0.25) is 5.91 Å². The van der Waals surface area contributed by atoms with Gasteiger partial charge in [-0.25, -0.2) is 0 Å². The first-order valence-corrected chi connectivity index (χ1v) is 7.07. The maximum absolute atomic E-state index is 12.0. The summed E-state index contributed by atoms with van der Waals surface area (Å²) in [6.07, 6.45) is 2.08. The summed E-state index contributed by atoms with van der Waals surface area (Å²) in [6, 6.07) is 5.35. The molecular formula is C14H20ClN3O2. The molecule has 1 aliphatic rings. The van der Waals surface area contributed by atoms with Crippen LogP contribution in [0.25, 0.3) is 0 Å². The van der Waals surface area contributed by atoms with Crippen molar-refractivity contribution in [1.82, 2.24) is 4.90 Å². The van der Waals surface area contributed by atoms with Gasteiger partial charge in [-0.1, -0.05) is 11.6 Å². The Hall–Kier alpha value is -1.30. The van der Waals surface area contributed by atoms with E-state index in [4.69, 9.17) is 22.1 Å². The molecule has 110 valence electrons. The number of halogens is 1. The molecule has 0 bridgehead atoms. The SMILES string of the molecule is COc1ccc(NC(=O)CN2CCC[C@@H](N)C2)cc1Cl. The Morgan fingerprint density at radius 2 is 2.40 bits per heavy atom. The zero-order valence-corrected chi connectivity index (χ0v) is 12.3. The van der Waals surface area contributed by atoms with Crippen LogP contribution in [0.4, 0.5) is 5.69 Å². The normalized spacial score (nSPS) is 19.6. The minimum Gasteiger partial charge on any atom is -0.495 e. The van der Waals surface area contributed by atoms with E-state index in [1.54, 1.807) is 25.3 Å². The summed E-state index contributed by atoms with van der Waals surface area (Å²) in [6.45, 7) is 2.05. The third-order valence-electron chi connectivity index (χ3n) is 3.34. The molecule has 1 aliphatic heterocycles. The molecule has 0 unspecified atom stereocenters. The van der Waals surface area contributed by atoms with Gasteiger partial charge in [-0.05, 0) is 37.6 Å². The Balaban J connectivity index is 1.89. The minimum absolute atomic E-state index is 0.0552. The standard InChI is InChI=1S/C14H20ClN3O2/c1-20-13-5-4-11(7-12(13)15)17-14(19)9-18-6-2-3-10(16)8-18/h4-5,7,10H,2-3,6,8-9,16H2,1H3,(H,17,19)/t10-/m1/s1. The fourth-order valence-electron chi connectivity index (χ4n) is 2.38. The maximum Gasteiger partial charge on any atom is 0.238 e. The Morgan fingerprint density at radius 3 is 3.05 bits per heavy atom. The zero-order chi connectivity index (χ0) is 14.5. The van der Waals surface area contributed by atoms with Crippen molar-refractivity contribution >= 4 is 23.2 Å². The smallest absolute Gasteiger partial charge is 0.238 e. The number of nitrogens with zero attached hydrogens (tertiary/aromatic N) is 1. The summed E-state index contributed by atoms with van der Waals surface area (Å²) in [5, 5.41) is 3.31. The van der Waals surface area contributed by atoms with Gasteiger partial charge >= 0.3 is 0 Å². The molecule has 0 saturated carbocycles. The van der Waals surface area contributed by atoms with E-state index in [9.17, 15) is 4.79 Å². The number of anilines is 1. The predicted octanol–water partition coefficient (Wildman–Crippen LogP) is 1.71. The number of ether oxygens (including phenoxy) is 1. The van der Waals surface area contributed by atoms with Crippen molar-refractivity contribution in [3.63, 3.8) is 0 Å². The number of piperidine rings is 1. The fourth-order valence-corrected chi connectivity index (χ4v) is 2.64. The summed E-state index contributed by atoms with van der Waals surface area (Å²) in [4.78, 5) is 14.1. The molecule has 0 radical (unpaired) electrons. The first-order valence-electron chi connectivity index (χ1n) is 6.70. The van der Waals surface area contributed by atoms with Gasteiger partial charge in [0.1, 0.15) is 5.75 Å². The molecule has 20 heavy (non-hydrogen) atoms. The largest absolute Gasteiger partial charge is 0.495 e. The lowest BCUT2D eigenvalue weighted by molar-refractivity contribution is -0.117. The highest BCUT2D eigenvalue weighted by molar-refractivity contribution is 6.32. The van der Waals surface area contributed by atoms with Crippen molar-refractivity contribution in [3.8, 4) is 5.75 Å². The van der Waals surface area contributed by atoms with Gasteiger partial charge in [0.05, 0.1) is 18.7 Å². The molecule has 2 rings (SSSR count). The summed E-state index contributed by atoms with van der Waals surface area (Å²) < 4.78 is 5.07. The van der Waals surface area contributed by atoms with Gasteiger partial charge in [-0.15, -0.1) is 0 Å². The second-order valence-corrected chi connectivity index (χ2v) is 5.44. The van der Waals surface area contributed by atoms with E-state index in [1.165, 1.54) is 0 Å². The zero-order valence-electron chi connectivity index (χ0n) is 11.6. The molecule has 1 saturated heterocycles. The van der Waals surface area contributed by atoms with Crippen LogP contribution in [0.5, 0.6) is 5.75 Å². The van der Waals surface area contributed by atoms with Crippen LogP contribution < -0.4 is 15.8 Å². The van der Waals surface area contributed by atoms with E-state index in [1.807, 2.05) is 0 Å². The van der Waals surface area contributed by atoms with E-state index < -0.39 is 0 Å². The average Bonchev–Trinajstić information content (AvgIpc) is 2.38. The van der Waals surface area contributed by atoms with Gasteiger partial charge in [0.25, 0.3) is 0 Å². The van der Waals surface area contributed by atoms with Crippen LogP contribution in [0, 0.1) is 0 Å². The average molecular weight is 298 g/mol. The van der Waals surface area contributed by atoms with E-state index in [0.29, 0.717) is 23.0 Å². The molecule has 6 heteroatoms. The van der Waals surface area contributed by atoms with Crippen LogP contribution in [0.2, 0.25) is 5.02 Å². The number of hydrogen-bond acceptors (Lipinski definition) is 4. The quantitative estimate of drug-likeness (QED) is 0.888. The molecule has 0 aliphatic carbocycles. The van der Waals surface area contributed by atoms with Crippen LogP contribution in [0.3, 0.4) is 0 Å². The number of methoxy groups -OCH3 is 1.